The molecule has 0 aromatic rings. The number of ether oxygens (including phenoxy) is 1. The van der Waals surface area contributed by atoms with Crippen LogP contribution in [0.1, 0.15) is 64.2 Å². The average molecular weight is 441 g/mol. The van der Waals surface area contributed by atoms with Gasteiger partial charge in [-0.05, 0) is 62.7 Å². The molecule has 6 unspecified atom stereocenters. The van der Waals surface area contributed by atoms with Gasteiger partial charge in [0.15, 0.2) is 0 Å². The SMILES string of the molecule is CN(C)C(=O)C1CCC(COC2CC(F)C(CN3CC4CCCCC4C3)CC2F)CC1. The maximum Gasteiger partial charge on any atom is 0.225 e. The second-order valence-corrected chi connectivity index (χ2v) is 11.1. The molecule has 6 atom stereocenters. The fourth-order valence-electron chi connectivity index (χ4n) is 6.70. The third-order valence-corrected chi connectivity index (χ3v) is 8.63. The van der Waals surface area contributed by atoms with E-state index in [9.17, 15) is 13.6 Å². The number of nitrogens with zero attached hydrogens (tertiary/aromatic N) is 2. The van der Waals surface area contributed by atoms with Crippen molar-refractivity contribution in [1.29, 1.82) is 0 Å². The first-order chi connectivity index (χ1) is 14.9. The first kappa shape index (κ1) is 23.4. The summed E-state index contributed by atoms with van der Waals surface area (Å²) < 4.78 is 35.8. The highest BCUT2D eigenvalue weighted by Gasteiger charge is 2.42. The van der Waals surface area contributed by atoms with Gasteiger partial charge in [-0.2, -0.15) is 0 Å². The van der Waals surface area contributed by atoms with Crippen LogP contribution >= 0.6 is 0 Å². The van der Waals surface area contributed by atoms with Crippen LogP contribution in [0.3, 0.4) is 0 Å². The third kappa shape index (κ3) is 5.79. The summed E-state index contributed by atoms with van der Waals surface area (Å²) in [5, 5.41) is 0. The molecule has 1 heterocycles. The molecular formula is C25H42F2N2O2. The Morgan fingerprint density at radius 2 is 1.58 bits per heavy atom. The summed E-state index contributed by atoms with van der Waals surface area (Å²) in [6, 6.07) is 0. The molecule has 0 radical (unpaired) electrons. The van der Waals surface area contributed by atoms with Crippen LogP contribution in [0.2, 0.25) is 0 Å². The molecule has 0 bridgehead atoms. The van der Waals surface area contributed by atoms with Crippen molar-refractivity contribution in [3.63, 3.8) is 0 Å². The van der Waals surface area contributed by atoms with E-state index >= 15 is 0 Å². The minimum absolute atomic E-state index is 0.111. The van der Waals surface area contributed by atoms with Crippen molar-refractivity contribution in [2.75, 3.05) is 40.3 Å². The van der Waals surface area contributed by atoms with Crippen LogP contribution in [-0.2, 0) is 9.53 Å². The van der Waals surface area contributed by atoms with Crippen molar-refractivity contribution >= 4 is 5.91 Å². The molecular weight excluding hydrogens is 398 g/mol. The summed E-state index contributed by atoms with van der Waals surface area (Å²) in [7, 11) is 3.61. The summed E-state index contributed by atoms with van der Waals surface area (Å²) in [4.78, 5) is 16.2. The van der Waals surface area contributed by atoms with Gasteiger partial charge in [-0.25, -0.2) is 8.78 Å². The summed E-state index contributed by atoms with van der Waals surface area (Å²) >= 11 is 0. The minimum Gasteiger partial charge on any atom is -0.375 e. The Balaban J connectivity index is 1.18. The molecule has 0 aromatic carbocycles. The number of alkyl halides is 2. The van der Waals surface area contributed by atoms with Gasteiger partial charge in [-0.15, -0.1) is 0 Å². The van der Waals surface area contributed by atoms with Crippen LogP contribution in [0.25, 0.3) is 0 Å². The van der Waals surface area contributed by atoms with E-state index in [-0.39, 0.29) is 24.2 Å². The molecule has 0 spiro atoms. The number of carbonyl (C=O) groups is 1. The van der Waals surface area contributed by atoms with E-state index in [0.29, 0.717) is 25.5 Å². The van der Waals surface area contributed by atoms with Crippen LogP contribution in [-0.4, -0.2) is 74.5 Å². The van der Waals surface area contributed by atoms with Crippen LogP contribution < -0.4 is 0 Å². The Bertz CT molecular complexity index is 582. The third-order valence-electron chi connectivity index (χ3n) is 8.63. The number of rotatable bonds is 6. The van der Waals surface area contributed by atoms with Crippen molar-refractivity contribution < 1.29 is 18.3 Å². The zero-order valence-electron chi connectivity index (χ0n) is 19.5. The number of carbonyl (C=O) groups excluding carboxylic acids is 1. The lowest BCUT2D eigenvalue weighted by atomic mass is 9.81. The highest BCUT2D eigenvalue weighted by atomic mass is 19.1. The van der Waals surface area contributed by atoms with Crippen LogP contribution in [0.5, 0.6) is 0 Å². The van der Waals surface area contributed by atoms with E-state index in [1.54, 1.807) is 19.0 Å². The molecule has 4 aliphatic rings. The molecule has 6 heteroatoms. The first-order valence-electron chi connectivity index (χ1n) is 12.7. The second kappa shape index (κ2) is 10.5. The zero-order chi connectivity index (χ0) is 22.0. The Morgan fingerprint density at radius 1 is 0.935 bits per heavy atom. The van der Waals surface area contributed by atoms with Gasteiger partial charge in [0.05, 0.1) is 6.10 Å². The number of amides is 1. The van der Waals surface area contributed by atoms with E-state index < -0.39 is 18.4 Å². The highest BCUT2D eigenvalue weighted by Crippen LogP contribution is 2.39. The summed E-state index contributed by atoms with van der Waals surface area (Å²) in [5.41, 5.74) is 0. The van der Waals surface area contributed by atoms with Gasteiger partial charge in [0.2, 0.25) is 5.91 Å². The Labute approximate surface area is 187 Å². The van der Waals surface area contributed by atoms with Crippen molar-refractivity contribution in [3.05, 3.63) is 0 Å². The topological polar surface area (TPSA) is 32.8 Å². The van der Waals surface area contributed by atoms with Gasteiger partial charge in [-0.1, -0.05) is 12.8 Å². The molecule has 1 aliphatic heterocycles. The first-order valence-corrected chi connectivity index (χ1v) is 12.7. The molecule has 0 N–H and O–H groups in total. The molecule has 4 fully saturated rings. The van der Waals surface area contributed by atoms with Crippen molar-refractivity contribution in [2.24, 2.45) is 29.6 Å². The Morgan fingerprint density at radius 3 is 2.19 bits per heavy atom. The van der Waals surface area contributed by atoms with Crippen molar-refractivity contribution in [1.82, 2.24) is 9.80 Å². The molecule has 1 amide bonds. The van der Waals surface area contributed by atoms with Crippen molar-refractivity contribution in [2.45, 2.75) is 82.7 Å². The van der Waals surface area contributed by atoms with E-state index in [2.05, 4.69) is 4.90 Å². The van der Waals surface area contributed by atoms with Gasteiger partial charge in [-0.3, -0.25) is 4.79 Å². The number of fused-ring (bicyclic) bond motifs is 1. The number of hydrogen-bond donors (Lipinski definition) is 0. The molecule has 0 aromatic heterocycles. The lowest BCUT2D eigenvalue weighted by Crippen LogP contribution is -2.44. The second-order valence-electron chi connectivity index (χ2n) is 11.1. The average Bonchev–Trinajstić information content (AvgIpc) is 3.17. The van der Waals surface area contributed by atoms with Gasteiger partial charge >= 0.3 is 0 Å². The lowest BCUT2D eigenvalue weighted by molar-refractivity contribution is -0.134. The molecule has 3 aliphatic carbocycles. The molecule has 31 heavy (non-hydrogen) atoms. The highest BCUT2D eigenvalue weighted by molar-refractivity contribution is 5.78. The quantitative estimate of drug-likeness (QED) is 0.611. The van der Waals surface area contributed by atoms with Gasteiger partial charge in [0.25, 0.3) is 0 Å². The number of hydrogen-bond acceptors (Lipinski definition) is 3. The Kier molecular flexibility index (Phi) is 7.90. The fraction of sp³-hybridized carbons (Fsp3) is 0.960. The molecule has 4 rings (SSSR count). The summed E-state index contributed by atoms with van der Waals surface area (Å²) in [6.07, 6.45) is 6.79. The summed E-state index contributed by atoms with van der Waals surface area (Å²) in [6.45, 7) is 3.39. The maximum atomic E-state index is 15.0. The predicted octanol–water partition coefficient (Wildman–Crippen LogP) is 4.47. The van der Waals surface area contributed by atoms with E-state index in [1.807, 2.05) is 0 Å². The zero-order valence-corrected chi connectivity index (χ0v) is 19.5. The molecule has 4 nitrogen and oxygen atoms in total. The largest absolute Gasteiger partial charge is 0.375 e. The smallest absolute Gasteiger partial charge is 0.225 e. The van der Waals surface area contributed by atoms with E-state index in [4.69, 9.17) is 4.74 Å². The number of likely N-dealkylation sites (tertiary alicyclic amines) is 1. The maximum absolute atomic E-state index is 15.0. The molecule has 178 valence electrons. The van der Waals surface area contributed by atoms with Crippen LogP contribution in [0, 0.1) is 29.6 Å². The molecule has 3 saturated carbocycles. The van der Waals surface area contributed by atoms with Gasteiger partial charge < -0.3 is 14.5 Å². The van der Waals surface area contributed by atoms with Crippen LogP contribution in [0.15, 0.2) is 0 Å². The number of halogens is 2. The normalized spacial score (nSPS) is 41.7. The monoisotopic (exact) mass is 440 g/mol. The standard InChI is InChI=1S/C25H42F2N2O2/c1-28(2)25(30)18-9-7-17(8-10-18)16-31-24-12-22(26)21(11-23(24)27)15-29-13-19-5-3-4-6-20(19)14-29/h17-24H,3-16H2,1-2H3. The minimum atomic E-state index is -1.06. The van der Waals surface area contributed by atoms with E-state index in [1.165, 1.54) is 25.7 Å². The van der Waals surface area contributed by atoms with E-state index in [0.717, 1.165) is 50.6 Å². The van der Waals surface area contributed by atoms with Gasteiger partial charge in [0.1, 0.15) is 12.3 Å². The van der Waals surface area contributed by atoms with Crippen molar-refractivity contribution in [3.8, 4) is 0 Å². The van der Waals surface area contributed by atoms with Crippen LogP contribution in [0.4, 0.5) is 8.78 Å². The predicted molar refractivity (Wildman–Crippen MR) is 118 cm³/mol. The molecule has 1 saturated heterocycles. The van der Waals surface area contributed by atoms with Gasteiger partial charge in [0, 0.05) is 58.6 Å². The Hall–Kier alpha value is -0.750. The summed E-state index contributed by atoms with van der Waals surface area (Å²) in [5.74, 6) is 2.07. The fourth-order valence-corrected chi connectivity index (χ4v) is 6.70. The lowest BCUT2D eigenvalue weighted by Gasteiger charge is -2.37.